The fraction of sp³-hybridized carbons (Fsp3) is 0.500. The van der Waals surface area contributed by atoms with Gasteiger partial charge in [0, 0.05) is 24.7 Å². The minimum atomic E-state index is -0.924. The molecule has 1 fully saturated rings. The van der Waals surface area contributed by atoms with Crippen LogP contribution in [0.2, 0.25) is 0 Å². The van der Waals surface area contributed by atoms with Crippen LogP contribution in [0.1, 0.15) is 42.5 Å². The van der Waals surface area contributed by atoms with Crippen LogP contribution < -0.4 is 0 Å². The number of nitro benzene ring substituents is 1. The van der Waals surface area contributed by atoms with Crippen LogP contribution in [-0.2, 0) is 0 Å². The largest absolute Gasteiger partial charge is 0.339 e. The highest BCUT2D eigenvalue weighted by molar-refractivity contribution is 5.94. The lowest BCUT2D eigenvalue weighted by atomic mass is 9.94. The van der Waals surface area contributed by atoms with Crippen LogP contribution in [0.15, 0.2) is 18.2 Å². The Labute approximate surface area is 116 Å². The van der Waals surface area contributed by atoms with Crippen molar-refractivity contribution in [1.82, 2.24) is 4.90 Å². The van der Waals surface area contributed by atoms with E-state index in [0.29, 0.717) is 0 Å². The molecule has 0 heterocycles. The van der Waals surface area contributed by atoms with Gasteiger partial charge in [0.2, 0.25) is 5.82 Å². The molecule has 0 saturated heterocycles. The van der Waals surface area contributed by atoms with Gasteiger partial charge in [-0.1, -0.05) is 19.3 Å². The molecule has 1 saturated carbocycles. The molecule has 5 nitrogen and oxygen atoms in total. The summed E-state index contributed by atoms with van der Waals surface area (Å²) < 4.78 is 13.3. The fourth-order valence-corrected chi connectivity index (χ4v) is 2.62. The van der Waals surface area contributed by atoms with Crippen LogP contribution >= 0.6 is 0 Å². The molecule has 1 aromatic rings. The zero-order valence-corrected chi connectivity index (χ0v) is 11.3. The molecular formula is C14H17FN2O3. The topological polar surface area (TPSA) is 63.5 Å². The monoisotopic (exact) mass is 280 g/mol. The standard InChI is InChI=1S/C14H17FN2O3/c1-16(11-5-3-2-4-6-11)14(18)10-7-8-12(15)13(9-10)17(19)20/h7-9,11H,2-6H2,1H3. The molecule has 0 radical (unpaired) electrons. The molecule has 0 atom stereocenters. The summed E-state index contributed by atoms with van der Waals surface area (Å²) in [6, 6.07) is 3.45. The van der Waals surface area contributed by atoms with E-state index in [-0.39, 0.29) is 17.5 Å². The summed E-state index contributed by atoms with van der Waals surface area (Å²) in [7, 11) is 1.70. The lowest BCUT2D eigenvalue weighted by molar-refractivity contribution is -0.387. The van der Waals surface area contributed by atoms with Gasteiger partial charge in [0.05, 0.1) is 4.92 Å². The molecule has 20 heavy (non-hydrogen) atoms. The summed E-state index contributed by atoms with van der Waals surface area (Å²) in [5.74, 6) is -1.22. The van der Waals surface area contributed by atoms with Gasteiger partial charge >= 0.3 is 5.69 Å². The molecule has 0 aliphatic heterocycles. The van der Waals surface area contributed by atoms with Gasteiger partial charge in [-0.05, 0) is 25.0 Å². The predicted octanol–water partition coefficient (Wildman–Crippen LogP) is 3.14. The van der Waals surface area contributed by atoms with Gasteiger partial charge in [-0.3, -0.25) is 14.9 Å². The predicted molar refractivity (Wildman–Crippen MR) is 72.0 cm³/mol. The Hall–Kier alpha value is -1.98. The highest BCUT2D eigenvalue weighted by atomic mass is 19.1. The molecule has 6 heteroatoms. The Kier molecular flexibility index (Phi) is 4.32. The van der Waals surface area contributed by atoms with Crippen LogP contribution in [0.5, 0.6) is 0 Å². The first kappa shape index (κ1) is 14.4. The van der Waals surface area contributed by atoms with Crippen LogP contribution in [0.25, 0.3) is 0 Å². The number of nitrogens with zero attached hydrogens (tertiary/aromatic N) is 2. The zero-order valence-electron chi connectivity index (χ0n) is 11.3. The normalized spacial score (nSPS) is 15.9. The second-order valence-corrected chi connectivity index (χ2v) is 5.13. The maximum atomic E-state index is 13.3. The number of rotatable bonds is 3. The number of halogens is 1. The lowest BCUT2D eigenvalue weighted by Gasteiger charge is -2.31. The number of amides is 1. The van der Waals surface area contributed by atoms with Crippen molar-refractivity contribution in [3.8, 4) is 0 Å². The van der Waals surface area contributed by atoms with Crippen LogP contribution in [-0.4, -0.2) is 28.8 Å². The first-order valence-electron chi connectivity index (χ1n) is 6.72. The van der Waals surface area contributed by atoms with Crippen molar-refractivity contribution < 1.29 is 14.1 Å². The van der Waals surface area contributed by atoms with E-state index in [2.05, 4.69) is 0 Å². The average Bonchev–Trinajstić information content (AvgIpc) is 2.47. The first-order valence-corrected chi connectivity index (χ1v) is 6.72. The molecular weight excluding hydrogens is 263 g/mol. The Morgan fingerprint density at radius 1 is 1.35 bits per heavy atom. The summed E-state index contributed by atoms with van der Waals surface area (Å²) in [6.45, 7) is 0. The molecule has 2 rings (SSSR count). The molecule has 0 bridgehead atoms. The summed E-state index contributed by atoms with van der Waals surface area (Å²) in [5, 5.41) is 10.7. The quantitative estimate of drug-likeness (QED) is 0.631. The van der Waals surface area contributed by atoms with Gasteiger partial charge in [-0.2, -0.15) is 4.39 Å². The van der Waals surface area contributed by atoms with Gasteiger partial charge in [0.15, 0.2) is 0 Å². The zero-order chi connectivity index (χ0) is 14.7. The van der Waals surface area contributed by atoms with E-state index in [1.165, 1.54) is 12.5 Å². The SMILES string of the molecule is CN(C(=O)c1ccc(F)c([N+](=O)[O-])c1)C1CCCCC1. The van der Waals surface area contributed by atoms with Gasteiger partial charge < -0.3 is 4.90 Å². The van der Waals surface area contributed by atoms with Crippen molar-refractivity contribution in [3.05, 3.63) is 39.7 Å². The Balaban J connectivity index is 2.19. The van der Waals surface area contributed by atoms with E-state index in [4.69, 9.17) is 0 Å². The number of hydrogen-bond donors (Lipinski definition) is 0. The summed E-state index contributed by atoms with van der Waals surface area (Å²) in [5.41, 5.74) is -0.501. The van der Waals surface area contributed by atoms with E-state index in [1.807, 2.05) is 0 Å². The third-order valence-electron chi connectivity index (χ3n) is 3.83. The maximum Gasteiger partial charge on any atom is 0.305 e. The van der Waals surface area contributed by atoms with Gasteiger partial charge in [0.25, 0.3) is 5.91 Å². The van der Waals surface area contributed by atoms with Crippen molar-refractivity contribution in [2.45, 2.75) is 38.1 Å². The summed E-state index contributed by atoms with van der Waals surface area (Å²) >= 11 is 0. The second kappa shape index (κ2) is 5.98. The molecule has 108 valence electrons. The number of hydrogen-bond acceptors (Lipinski definition) is 3. The van der Waals surface area contributed by atoms with E-state index in [9.17, 15) is 19.3 Å². The van der Waals surface area contributed by atoms with Crippen LogP contribution in [0.4, 0.5) is 10.1 Å². The van der Waals surface area contributed by atoms with Crippen molar-refractivity contribution in [1.29, 1.82) is 0 Å². The smallest absolute Gasteiger partial charge is 0.305 e. The minimum Gasteiger partial charge on any atom is -0.339 e. The summed E-state index contributed by atoms with van der Waals surface area (Å²) in [4.78, 5) is 23.8. The minimum absolute atomic E-state index is 0.158. The number of benzene rings is 1. The Bertz CT molecular complexity index is 527. The van der Waals surface area contributed by atoms with Crippen LogP contribution in [0, 0.1) is 15.9 Å². The molecule has 1 aliphatic carbocycles. The Morgan fingerprint density at radius 2 is 2.00 bits per heavy atom. The van der Waals surface area contributed by atoms with Crippen molar-refractivity contribution in [2.24, 2.45) is 0 Å². The molecule has 1 aliphatic rings. The van der Waals surface area contributed by atoms with E-state index < -0.39 is 16.4 Å². The fourth-order valence-electron chi connectivity index (χ4n) is 2.62. The molecule has 1 amide bonds. The average molecular weight is 280 g/mol. The van der Waals surface area contributed by atoms with Crippen molar-refractivity contribution in [2.75, 3.05) is 7.05 Å². The first-order chi connectivity index (χ1) is 9.50. The van der Waals surface area contributed by atoms with E-state index in [0.717, 1.165) is 37.8 Å². The number of carbonyl (C=O) groups excluding carboxylic acids is 1. The van der Waals surface area contributed by atoms with Gasteiger partial charge in [-0.25, -0.2) is 0 Å². The highest BCUT2D eigenvalue weighted by Gasteiger charge is 2.25. The highest BCUT2D eigenvalue weighted by Crippen LogP contribution is 2.24. The van der Waals surface area contributed by atoms with Gasteiger partial charge in [-0.15, -0.1) is 0 Å². The Morgan fingerprint density at radius 3 is 2.60 bits per heavy atom. The number of nitro groups is 1. The van der Waals surface area contributed by atoms with Crippen LogP contribution in [0.3, 0.4) is 0 Å². The van der Waals surface area contributed by atoms with Crippen molar-refractivity contribution in [3.63, 3.8) is 0 Å². The second-order valence-electron chi connectivity index (χ2n) is 5.13. The number of carbonyl (C=O) groups is 1. The summed E-state index contributed by atoms with van der Waals surface area (Å²) in [6.07, 6.45) is 5.26. The molecule has 0 spiro atoms. The van der Waals surface area contributed by atoms with Crippen molar-refractivity contribution >= 4 is 11.6 Å². The van der Waals surface area contributed by atoms with E-state index in [1.54, 1.807) is 11.9 Å². The maximum absolute atomic E-state index is 13.3. The van der Waals surface area contributed by atoms with E-state index >= 15 is 0 Å². The lowest BCUT2D eigenvalue weighted by Crippen LogP contribution is -2.38. The van der Waals surface area contributed by atoms with Gasteiger partial charge in [0.1, 0.15) is 0 Å². The molecule has 0 N–H and O–H groups in total. The molecule has 0 aromatic heterocycles. The molecule has 1 aromatic carbocycles. The third kappa shape index (κ3) is 2.95. The third-order valence-corrected chi connectivity index (χ3v) is 3.83. The molecule has 0 unspecified atom stereocenters.